The van der Waals surface area contributed by atoms with Gasteiger partial charge in [0.25, 0.3) is 11.7 Å². The van der Waals surface area contributed by atoms with Crippen LogP contribution in [0.1, 0.15) is 221 Å². The van der Waals surface area contributed by atoms with E-state index in [0.29, 0.717) is 43.8 Å². The van der Waals surface area contributed by atoms with Crippen LogP contribution in [0.15, 0.2) is 64.4 Å². The van der Waals surface area contributed by atoms with Crippen LogP contribution < -0.4 is 36.3 Å². The van der Waals surface area contributed by atoms with Crippen LogP contribution in [0.2, 0.25) is 0 Å². The molecule has 13 rings (SSSR count). The van der Waals surface area contributed by atoms with Gasteiger partial charge in [-0.25, -0.2) is 9.18 Å². The summed E-state index contributed by atoms with van der Waals surface area (Å²) in [6.45, 7) is 40.5. The number of phenolic OH excluding ortho intramolecular Hbond substituents is 3. The number of rotatable bonds is 23. The van der Waals surface area contributed by atoms with Crippen LogP contribution in [0, 0.1) is 60.1 Å². The Kier molecular flexibility index (Phi) is 43.9. The highest BCUT2D eigenvalue weighted by molar-refractivity contribution is 6.24. The Morgan fingerprint density at radius 1 is 0.743 bits per heavy atom. The average molecular weight is 2090 g/mol. The smallest absolute Gasteiger partial charge is 0.341 e. The van der Waals surface area contributed by atoms with Gasteiger partial charge in [-0.2, -0.15) is 5.10 Å². The molecular weight excluding hydrogens is 1920 g/mol. The number of amides is 1. The molecule has 8 aliphatic heterocycles. The second-order valence-electron chi connectivity index (χ2n) is 42.4. The number of allylic oxidation sites excluding steroid dienone is 2. The van der Waals surface area contributed by atoms with Crippen LogP contribution in [0.25, 0.3) is 21.7 Å². The number of hydrogen-bond acceptors (Lipinski definition) is 37. The Labute approximate surface area is 867 Å². The van der Waals surface area contributed by atoms with Gasteiger partial charge in [-0.15, -0.1) is 0 Å². The largest absolute Gasteiger partial charge is 0.507 e. The summed E-state index contributed by atoms with van der Waals surface area (Å²) in [6, 6.07) is 3.15. The summed E-state index contributed by atoms with van der Waals surface area (Å²) in [6.07, 6.45) is 0.320. The molecule has 9 heterocycles. The third-order valence-electron chi connectivity index (χ3n) is 30.8. The molecule has 29 atom stereocenters. The number of carboxylic acid groups (broad SMARTS) is 1. The molecule has 148 heavy (non-hydrogen) atoms. The lowest BCUT2D eigenvalue weighted by atomic mass is 9.74. The maximum absolute atomic E-state index is 14.6. The normalized spacial score (nSPS) is 34.3. The van der Waals surface area contributed by atoms with Crippen molar-refractivity contribution < 1.29 is 147 Å². The number of methoxy groups -OCH3 is 2. The van der Waals surface area contributed by atoms with Gasteiger partial charge in [0.15, 0.2) is 18.3 Å². The highest BCUT2D eigenvalue weighted by atomic mass is 19.1. The number of anilines is 2. The zero-order valence-electron chi connectivity index (χ0n) is 90.7. The summed E-state index contributed by atoms with van der Waals surface area (Å²) in [5.41, 5.74) is -5.03. The molecule has 832 valence electrons. The number of ketones is 2. The number of nitrogens with one attached hydrogen (secondary N) is 4. The summed E-state index contributed by atoms with van der Waals surface area (Å²) in [5, 5.41) is 161. The molecule has 17 N–H and O–H groups in total. The molecule has 1 amide bonds. The molecule has 1 saturated carbocycles. The molecule has 6 fully saturated rings. The van der Waals surface area contributed by atoms with Gasteiger partial charge in [-0.05, 0) is 140 Å². The first-order valence-electron chi connectivity index (χ1n) is 51.9. The van der Waals surface area contributed by atoms with E-state index in [-0.39, 0.29) is 118 Å². The number of fused-ring (bicyclic) bond motifs is 15. The van der Waals surface area contributed by atoms with E-state index in [0.717, 1.165) is 65.0 Å². The van der Waals surface area contributed by atoms with Crippen LogP contribution in [-0.2, 0) is 61.8 Å². The number of pyridine rings is 1. The number of aromatic nitrogens is 1. The number of hydrazone groups is 1. The Hall–Kier alpha value is -9.03. The summed E-state index contributed by atoms with van der Waals surface area (Å²) in [4.78, 5) is 98.1. The highest BCUT2D eigenvalue weighted by Gasteiger charge is 2.56. The van der Waals surface area contributed by atoms with Crippen molar-refractivity contribution >= 4 is 74.6 Å². The third kappa shape index (κ3) is 28.7. The molecule has 0 spiro atoms. The molecule has 5 saturated heterocycles. The zero-order valence-corrected chi connectivity index (χ0v) is 90.7. The summed E-state index contributed by atoms with van der Waals surface area (Å²) in [7, 11) is 8.60. The maximum atomic E-state index is 14.6. The summed E-state index contributed by atoms with van der Waals surface area (Å²) >= 11 is 0. The fourth-order valence-electron chi connectivity index (χ4n) is 20.9. The lowest BCUT2D eigenvalue weighted by Crippen LogP contribution is -2.61. The van der Waals surface area contributed by atoms with E-state index in [4.69, 9.17) is 57.6 Å². The van der Waals surface area contributed by atoms with E-state index < -0.39 is 214 Å². The molecule has 5 bridgehead atoms. The molecule has 3 aromatic carbocycles. The number of carboxylic acids is 1. The number of halogens is 1. The quantitative estimate of drug-likeness (QED) is 0.0113. The van der Waals surface area contributed by atoms with Gasteiger partial charge in [-0.1, -0.05) is 87.5 Å². The Morgan fingerprint density at radius 2 is 1.36 bits per heavy atom. The van der Waals surface area contributed by atoms with Gasteiger partial charge in [0.1, 0.15) is 64.4 Å². The van der Waals surface area contributed by atoms with Gasteiger partial charge >= 0.3 is 23.7 Å². The van der Waals surface area contributed by atoms with Crippen molar-refractivity contribution in [3.8, 4) is 23.0 Å². The number of aliphatic hydroxyl groups excluding tert-OH is 7. The molecule has 40 nitrogen and oxygen atoms in total. The van der Waals surface area contributed by atoms with E-state index in [9.17, 15) is 94.1 Å². The van der Waals surface area contributed by atoms with Gasteiger partial charge in [0, 0.05) is 194 Å². The number of hydrogen-bond donors (Lipinski definition) is 17. The number of likely N-dealkylation sites (N-methyl/N-ethyl adjacent to an activating group) is 2. The summed E-state index contributed by atoms with van der Waals surface area (Å²) < 4.78 is 77.1. The number of carbonyl (C=O) groups excluding carboxylic acids is 5. The number of carbonyl (C=O) groups is 6. The van der Waals surface area contributed by atoms with Crippen molar-refractivity contribution in [1.82, 2.24) is 35.3 Å². The monoisotopic (exact) mass is 2090 g/mol. The second-order valence-corrected chi connectivity index (χ2v) is 42.4. The van der Waals surface area contributed by atoms with E-state index in [1.807, 2.05) is 56.3 Å². The van der Waals surface area contributed by atoms with Gasteiger partial charge in [0.05, 0.1) is 125 Å². The Balaban J connectivity index is 0.000000245. The predicted octanol–water partition coefficient (Wildman–Crippen LogP) is 7.41. The maximum Gasteiger partial charge on any atom is 0.341 e. The fraction of sp³-hybridized carbons (Fsp3) is 0.701. The number of nitrogens with zero attached hydrogens (tertiary/aromatic N) is 6. The first-order valence-corrected chi connectivity index (χ1v) is 51.9. The van der Waals surface area contributed by atoms with Crippen molar-refractivity contribution in [2.75, 3.05) is 124 Å². The number of aromatic carboxylic acids is 1. The SMILES string of the molecule is CC[C@@H](CO)NCCN[C@@H](CC)CO.CC[C@H]1OC(=O)[C@H](C)[C@@H](OC2CC(C)(OC)C(O)C(C)O2)[C@H](C)[C@@H](OC2OC(C)CC(N(C)C)C2O)[C@](C)(O)C[C@@H](C)C(=O)[C@H](C)[C@@H](O)[C@]1(C)O.CO[C@H]1/C=C/O[C@@]2(C)Oc3c(C)c(O)c4c(O)c(c(/C=N/N5CCN(C)CC5)c(O)c4c3C2=O)NC(=O)/C(C)=C\C=C\[C@@H](C)[C@@H](O)[C@@H](C)[C@H](O)[C@H](C)[C@H](OC(C)=O)[C@@H]1C.O=C(O)c1cn(C2CC2)c2cc(N3CCNCC3)c(F)cc2c1=O. The van der Waals surface area contributed by atoms with Crippen molar-refractivity contribution in [3.05, 3.63) is 92.8 Å². The van der Waals surface area contributed by atoms with Crippen LogP contribution in [-0.4, -0.2) is 368 Å². The van der Waals surface area contributed by atoms with E-state index in [1.54, 1.807) is 92.5 Å². The minimum absolute atomic E-state index is 0.0559. The molecule has 41 heteroatoms. The number of aliphatic hydroxyl groups is 9. The molecule has 0 radical (unpaired) electrons. The summed E-state index contributed by atoms with van der Waals surface area (Å²) in [5.74, 6) is -15.1. The second kappa shape index (κ2) is 53.0. The number of piperazine rings is 2. The molecule has 4 aromatic rings. The minimum atomic E-state index is -2.04. The van der Waals surface area contributed by atoms with Gasteiger partial charge in [-0.3, -0.25) is 33.8 Å². The van der Waals surface area contributed by atoms with E-state index in [1.165, 1.54) is 99.6 Å². The van der Waals surface area contributed by atoms with Gasteiger partial charge < -0.3 is 154 Å². The minimum Gasteiger partial charge on any atom is -0.507 e. The van der Waals surface area contributed by atoms with E-state index in [2.05, 4.69) is 31.3 Å². The number of phenols is 3. The number of ether oxygens (including phenoxy) is 10. The first-order chi connectivity index (χ1) is 69.5. The van der Waals surface area contributed by atoms with Crippen molar-refractivity contribution in [2.24, 2.45) is 52.4 Å². The lowest BCUT2D eigenvalue weighted by Gasteiger charge is -2.49. The van der Waals surface area contributed by atoms with Gasteiger partial charge in [0.2, 0.25) is 5.43 Å². The van der Waals surface area contributed by atoms with Crippen LogP contribution >= 0.6 is 0 Å². The Morgan fingerprint density at radius 3 is 1.93 bits per heavy atom. The zero-order chi connectivity index (χ0) is 110. The van der Waals surface area contributed by atoms with Crippen molar-refractivity contribution in [3.63, 3.8) is 0 Å². The van der Waals surface area contributed by atoms with Crippen LogP contribution in [0.3, 0.4) is 0 Å². The lowest BCUT2D eigenvalue weighted by molar-refractivity contribution is -0.318. The topological polar surface area (TPSA) is 553 Å². The molecule has 1 aromatic heterocycles. The molecular formula is C107H167FN10O30. The van der Waals surface area contributed by atoms with Crippen LogP contribution in [0.5, 0.6) is 23.0 Å². The number of aromatic hydroxyl groups is 3. The predicted molar refractivity (Wildman–Crippen MR) is 554 cm³/mol. The van der Waals surface area contributed by atoms with Crippen molar-refractivity contribution in [1.29, 1.82) is 0 Å². The molecule has 8 unspecified atom stereocenters. The highest BCUT2D eigenvalue weighted by Crippen LogP contribution is 2.56. The molecule has 9 aliphatic rings. The van der Waals surface area contributed by atoms with Crippen LogP contribution in [0.4, 0.5) is 15.8 Å². The molecule has 1 aliphatic carbocycles. The average Bonchev–Trinajstić information content (AvgIpc) is 1.53. The van der Waals surface area contributed by atoms with E-state index >= 15 is 0 Å². The fourth-order valence-corrected chi connectivity index (χ4v) is 20.9. The third-order valence-corrected chi connectivity index (χ3v) is 30.8. The number of Topliss-reactive ketones (excluding diaryl/α,β-unsaturated/α-hetero) is 2. The first kappa shape index (κ1) is 122. The standard InChI is InChI=1S/C43H58N4O12.C37H67NO13.C17H18FN3O3.C10H24N2O2/c1-21-12-11-13-22(2)42(55)45-33-28(20-44-47-17-15-46(9)16-18-47)37(52)30-31(38(33)53)36(51)26(6)40-32(30)41(54)43(8,59-40)57-19-14-29(56-10)23(3)39(58-27(7)48)25(5)35(50)24(4)34(21)49;1-14-25-37(10,45)30(41)20(4)27(39)18(2)16-35(8,44)32(51-34-28(40)24(38(11)12)15-19(3)47-34)21(5)29(22(6)33(43)49-25)50-26-17-36(9,46-13)31(42)23(7)48-26;18-13-7-11-14(8-15(13)20-5-3-19-4-6-20)21(10-1-2-10)9-12(16(11)22)17(23)24;1-3-9(7-13)11-5-6-12-10(4-2)8-14/h11-14,19-21,23-25,29,34-35,39,49-53H,15-18H2,1-10H3,(H,45,55);18-26,28-32,34,40-42,44-45H,14-17H2,1-13H3;7-10,19H,1-6H2,(H,23,24);9-14H,3-8H2,1-2H3/b12-11+,19-14+,22-13-,44-20+;;;/t21-,23-,24-,25+,29+,34-,35+,39-,43+;18-,19?,20+,21+,22-,23?,24?,25-,26?,28?,29+,30-,31?,32-,34?,35-,36?,37-;;9-,10-/m11.0/s1. The number of esters is 2. The number of cyclic esters (lactones) is 1. The van der Waals surface area contributed by atoms with Crippen molar-refractivity contribution in [2.45, 2.75) is 322 Å². The Bertz CT molecular complexity index is 5330. The number of benzene rings is 3.